The van der Waals surface area contributed by atoms with Crippen molar-refractivity contribution >= 4 is 38.9 Å². The molecule has 3 aromatic rings. The Labute approximate surface area is 196 Å². The molecule has 0 saturated heterocycles. The number of carbonyl (C=O) groups is 1. The van der Waals surface area contributed by atoms with Crippen LogP contribution in [0.4, 0.5) is 0 Å². The third-order valence-electron chi connectivity index (χ3n) is 6.04. The molecule has 32 heavy (non-hydrogen) atoms. The summed E-state index contributed by atoms with van der Waals surface area (Å²) in [6.45, 7) is 0.395. The van der Waals surface area contributed by atoms with Crippen molar-refractivity contribution in [3.8, 4) is 10.4 Å². The van der Waals surface area contributed by atoms with Crippen molar-refractivity contribution in [2.45, 2.75) is 34.4 Å². The standard InChI is InChI=1S/C23H23ClN2O4S2/c24-18-9-7-16(8-10-18)19-11-12-20(31-19)32(29,30)26-23(21(27)28)15-22(23,13-4-14-25)17-5-2-1-3-6-17/h1-3,5-12,26H,4,13-15,25H2,(H,27,28)/t22-,23-/m0/s1. The highest BCUT2D eigenvalue weighted by Gasteiger charge is 2.74. The number of carboxylic acids is 1. The van der Waals surface area contributed by atoms with Gasteiger partial charge in [0.2, 0.25) is 0 Å². The van der Waals surface area contributed by atoms with Crippen LogP contribution >= 0.6 is 22.9 Å². The van der Waals surface area contributed by atoms with E-state index in [-0.39, 0.29) is 10.6 Å². The Morgan fingerprint density at radius 2 is 1.78 bits per heavy atom. The molecule has 0 aliphatic heterocycles. The SMILES string of the molecule is NCCC[C@@]1(c2ccccc2)C[C@]1(NS(=O)(=O)c1ccc(-c2ccc(Cl)cc2)s1)C(=O)O. The van der Waals surface area contributed by atoms with Gasteiger partial charge < -0.3 is 10.8 Å². The second-order valence-electron chi connectivity index (χ2n) is 7.96. The molecular formula is C23H23ClN2O4S2. The van der Waals surface area contributed by atoms with Crippen LogP contribution in [-0.2, 0) is 20.2 Å². The number of halogens is 1. The normalized spacial score (nSPS) is 22.6. The number of nitrogens with two attached hydrogens (primary N) is 1. The van der Waals surface area contributed by atoms with Crippen LogP contribution in [-0.4, -0.2) is 31.6 Å². The first-order chi connectivity index (χ1) is 15.2. The number of hydrogen-bond acceptors (Lipinski definition) is 5. The quantitative estimate of drug-likeness (QED) is 0.415. The molecular weight excluding hydrogens is 468 g/mol. The van der Waals surface area contributed by atoms with Gasteiger partial charge in [-0.05, 0) is 61.2 Å². The number of nitrogens with one attached hydrogen (secondary N) is 1. The Balaban J connectivity index is 1.67. The van der Waals surface area contributed by atoms with Gasteiger partial charge in [-0.15, -0.1) is 11.3 Å². The van der Waals surface area contributed by atoms with Crippen LogP contribution in [0.3, 0.4) is 0 Å². The zero-order valence-electron chi connectivity index (χ0n) is 17.1. The zero-order chi connectivity index (χ0) is 23.0. The van der Waals surface area contributed by atoms with Gasteiger partial charge in [0.05, 0.1) is 0 Å². The smallest absolute Gasteiger partial charge is 0.325 e. The molecule has 1 saturated carbocycles. The van der Waals surface area contributed by atoms with Crippen molar-refractivity contribution in [3.63, 3.8) is 0 Å². The lowest BCUT2D eigenvalue weighted by molar-refractivity contribution is -0.140. The molecule has 0 unspecified atom stereocenters. The average molecular weight is 491 g/mol. The van der Waals surface area contributed by atoms with Crippen molar-refractivity contribution in [1.29, 1.82) is 0 Å². The van der Waals surface area contributed by atoms with E-state index in [1.54, 1.807) is 18.2 Å². The van der Waals surface area contributed by atoms with Crippen molar-refractivity contribution in [2.75, 3.05) is 6.54 Å². The minimum absolute atomic E-state index is 0.0655. The fraction of sp³-hybridized carbons (Fsp3) is 0.261. The molecule has 0 radical (unpaired) electrons. The molecule has 0 bridgehead atoms. The maximum absolute atomic E-state index is 13.3. The lowest BCUT2D eigenvalue weighted by Gasteiger charge is -2.24. The number of carboxylic acid groups (broad SMARTS) is 1. The Morgan fingerprint density at radius 1 is 1.09 bits per heavy atom. The van der Waals surface area contributed by atoms with Gasteiger partial charge >= 0.3 is 5.97 Å². The van der Waals surface area contributed by atoms with Gasteiger partial charge in [-0.1, -0.05) is 54.1 Å². The summed E-state index contributed by atoms with van der Waals surface area (Å²) in [5.74, 6) is -1.18. The summed E-state index contributed by atoms with van der Waals surface area (Å²) in [7, 11) is -4.07. The van der Waals surface area contributed by atoms with Crippen LogP contribution in [0.1, 0.15) is 24.8 Å². The molecule has 2 aromatic carbocycles. The molecule has 0 amide bonds. The van der Waals surface area contributed by atoms with Gasteiger partial charge in [0, 0.05) is 15.3 Å². The van der Waals surface area contributed by atoms with Crippen LogP contribution < -0.4 is 10.5 Å². The van der Waals surface area contributed by atoms with Gasteiger partial charge in [-0.25, -0.2) is 8.42 Å². The molecule has 1 heterocycles. The summed E-state index contributed by atoms with van der Waals surface area (Å²) < 4.78 is 29.2. The average Bonchev–Trinajstić information content (AvgIpc) is 3.15. The first-order valence-electron chi connectivity index (χ1n) is 10.1. The van der Waals surface area contributed by atoms with Crippen LogP contribution in [0.5, 0.6) is 0 Å². The number of sulfonamides is 1. The predicted molar refractivity (Wildman–Crippen MR) is 126 cm³/mol. The Kier molecular flexibility index (Phi) is 6.17. The van der Waals surface area contributed by atoms with Crippen LogP contribution in [0.25, 0.3) is 10.4 Å². The predicted octanol–water partition coefficient (Wildman–Crippen LogP) is 4.25. The van der Waals surface area contributed by atoms with E-state index in [2.05, 4.69) is 4.72 Å². The number of benzene rings is 2. The Hall–Kier alpha value is -2.23. The van der Waals surface area contributed by atoms with Crippen molar-refractivity contribution in [2.24, 2.45) is 5.73 Å². The summed E-state index contributed by atoms with van der Waals surface area (Å²) in [4.78, 5) is 13.2. The summed E-state index contributed by atoms with van der Waals surface area (Å²) in [6, 6.07) is 19.5. The molecule has 1 aliphatic rings. The summed E-state index contributed by atoms with van der Waals surface area (Å²) >= 11 is 7.02. The highest BCUT2D eigenvalue weighted by molar-refractivity contribution is 7.91. The van der Waals surface area contributed by atoms with Gasteiger partial charge in [-0.3, -0.25) is 4.79 Å². The molecule has 4 rings (SSSR count). The summed E-state index contributed by atoms with van der Waals surface area (Å²) in [5, 5.41) is 10.7. The van der Waals surface area contributed by atoms with E-state index in [0.29, 0.717) is 24.4 Å². The first-order valence-corrected chi connectivity index (χ1v) is 12.8. The fourth-order valence-corrected chi connectivity index (χ4v) is 7.20. The highest BCUT2D eigenvalue weighted by atomic mass is 35.5. The maximum Gasteiger partial charge on any atom is 0.325 e. The largest absolute Gasteiger partial charge is 0.480 e. The van der Waals surface area contributed by atoms with E-state index in [4.69, 9.17) is 17.3 Å². The third kappa shape index (κ3) is 3.97. The van der Waals surface area contributed by atoms with Crippen LogP contribution in [0.2, 0.25) is 5.02 Å². The molecule has 6 nitrogen and oxygen atoms in total. The van der Waals surface area contributed by atoms with Crippen molar-refractivity contribution in [1.82, 2.24) is 4.72 Å². The van der Waals surface area contributed by atoms with Crippen LogP contribution in [0, 0.1) is 0 Å². The van der Waals surface area contributed by atoms with Crippen molar-refractivity contribution < 1.29 is 18.3 Å². The Bertz CT molecular complexity index is 1230. The molecule has 1 aliphatic carbocycles. The first kappa shape index (κ1) is 22.9. The van der Waals surface area contributed by atoms with E-state index in [0.717, 1.165) is 27.3 Å². The molecule has 4 N–H and O–H groups in total. The topological polar surface area (TPSA) is 109 Å². The minimum Gasteiger partial charge on any atom is -0.480 e. The van der Waals surface area contributed by atoms with E-state index < -0.39 is 26.9 Å². The summed E-state index contributed by atoms with van der Waals surface area (Å²) in [5.41, 5.74) is 4.87. The Morgan fingerprint density at radius 3 is 2.41 bits per heavy atom. The fourth-order valence-electron chi connectivity index (χ4n) is 4.34. The monoisotopic (exact) mass is 490 g/mol. The maximum atomic E-state index is 13.3. The van der Waals surface area contributed by atoms with Gasteiger partial charge in [-0.2, -0.15) is 4.72 Å². The lowest BCUT2D eigenvalue weighted by atomic mass is 9.86. The van der Waals surface area contributed by atoms with Crippen molar-refractivity contribution in [3.05, 3.63) is 77.3 Å². The summed E-state index contributed by atoms with van der Waals surface area (Å²) in [6.07, 6.45) is 1.24. The second kappa shape index (κ2) is 8.61. The number of thiophene rings is 1. The third-order valence-corrected chi connectivity index (χ3v) is 9.41. The van der Waals surface area contributed by atoms with Crippen LogP contribution in [0.15, 0.2) is 70.9 Å². The minimum atomic E-state index is -4.07. The number of hydrogen-bond donors (Lipinski definition) is 3. The molecule has 0 spiro atoms. The second-order valence-corrected chi connectivity index (χ2v) is 11.4. The zero-order valence-corrected chi connectivity index (χ0v) is 19.5. The van der Waals surface area contributed by atoms with E-state index in [9.17, 15) is 18.3 Å². The number of rotatable bonds is 9. The van der Waals surface area contributed by atoms with E-state index in [1.807, 2.05) is 42.5 Å². The molecule has 1 fully saturated rings. The van der Waals surface area contributed by atoms with E-state index >= 15 is 0 Å². The lowest BCUT2D eigenvalue weighted by Crippen LogP contribution is -2.48. The molecule has 2 atom stereocenters. The molecule has 168 valence electrons. The van der Waals surface area contributed by atoms with Gasteiger partial charge in [0.1, 0.15) is 9.75 Å². The number of aliphatic carboxylic acids is 1. The molecule has 1 aromatic heterocycles. The highest BCUT2D eigenvalue weighted by Crippen LogP contribution is 2.61. The van der Waals surface area contributed by atoms with Gasteiger partial charge in [0.25, 0.3) is 10.0 Å². The van der Waals surface area contributed by atoms with E-state index in [1.165, 1.54) is 6.07 Å². The van der Waals surface area contributed by atoms with Gasteiger partial charge in [0.15, 0.2) is 0 Å². The molecule has 9 heteroatoms.